The Balaban J connectivity index is 1.59. The van der Waals surface area contributed by atoms with Gasteiger partial charge in [-0.3, -0.25) is 0 Å². The van der Waals surface area contributed by atoms with Crippen LogP contribution in [0.5, 0.6) is 11.5 Å². The second kappa shape index (κ2) is 8.45. The number of aromatic nitrogens is 3. The highest BCUT2D eigenvalue weighted by atomic mass is 32.1. The van der Waals surface area contributed by atoms with Crippen LogP contribution in [0.25, 0.3) is 10.9 Å². The van der Waals surface area contributed by atoms with Crippen molar-refractivity contribution in [1.82, 2.24) is 15.0 Å². The Morgan fingerprint density at radius 2 is 1.97 bits per heavy atom. The predicted molar refractivity (Wildman–Crippen MR) is 116 cm³/mol. The summed E-state index contributed by atoms with van der Waals surface area (Å²) in [5.74, 6) is 2.31. The van der Waals surface area contributed by atoms with Crippen LogP contribution in [0.1, 0.15) is 25.1 Å². The zero-order valence-corrected chi connectivity index (χ0v) is 17.4. The van der Waals surface area contributed by atoms with Crippen LogP contribution in [0.4, 0.5) is 11.5 Å². The molecule has 0 radical (unpaired) electrons. The number of nitrogens with one attached hydrogen (secondary N) is 1. The molecule has 29 heavy (non-hydrogen) atoms. The normalized spacial score (nSPS) is 11.0. The van der Waals surface area contributed by atoms with Crippen LogP contribution in [0.3, 0.4) is 0 Å². The minimum absolute atomic E-state index is 0.0602. The van der Waals surface area contributed by atoms with Crippen molar-refractivity contribution in [3.63, 3.8) is 0 Å². The molecule has 4 aromatic rings. The van der Waals surface area contributed by atoms with Crippen LogP contribution >= 0.6 is 11.3 Å². The number of anilines is 2. The third-order valence-corrected chi connectivity index (χ3v) is 4.92. The molecule has 6 nitrogen and oxygen atoms in total. The van der Waals surface area contributed by atoms with Crippen molar-refractivity contribution in [1.29, 1.82) is 0 Å². The van der Waals surface area contributed by atoms with Gasteiger partial charge in [-0.05, 0) is 56.7 Å². The first-order valence-corrected chi connectivity index (χ1v) is 10.3. The van der Waals surface area contributed by atoms with Crippen LogP contribution in [0.15, 0.2) is 53.6 Å². The molecule has 2 heterocycles. The van der Waals surface area contributed by atoms with Crippen LogP contribution in [0, 0.1) is 6.92 Å². The summed E-state index contributed by atoms with van der Waals surface area (Å²) < 4.78 is 11.9. The molecular weight excluding hydrogens is 384 g/mol. The molecule has 7 heteroatoms. The van der Waals surface area contributed by atoms with Crippen molar-refractivity contribution in [2.24, 2.45) is 0 Å². The summed E-state index contributed by atoms with van der Waals surface area (Å²) >= 11 is 1.56. The molecule has 0 saturated carbocycles. The lowest BCUT2D eigenvalue weighted by Gasteiger charge is -2.15. The number of benzene rings is 2. The fourth-order valence-corrected chi connectivity index (χ4v) is 3.55. The second-order valence-electron chi connectivity index (χ2n) is 6.91. The first kappa shape index (κ1) is 19.1. The van der Waals surface area contributed by atoms with E-state index in [0.29, 0.717) is 12.4 Å². The Hall–Kier alpha value is -3.19. The lowest BCUT2D eigenvalue weighted by molar-refractivity contribution is 0.245. The SMILES string of the molecule is Cc1cc(Nc2ncnc3cccc(OC(C)C)c23)ccc1OCc1cscn1. The Morgan fingerprint density at radius 3 is 2.72 bits per heavy atom. The molecule has 148 valence electrons. The van der Waals surface area contributed by atoms with Gasteiger partial charge in [-0.2, -0.15) is 0 Å². The molecule has 1 N–H and O–H groups in total. The maximum Gasteiger partial charge on any atom is 0.145 e. The van der Waals surface area contributed by atoms with E-state index in [1.807, 2.05) is 68.1 Å². The van der Waals surface area contributed by atoms with Gasteiger partial charge in [-0.15, -0.1) is 11.3 Å². The lowest BCUT2D eigenvalue weighted by Crippen LogP contribution is -2.07. The summed E-state index contributed by atoms with van der Waals surface area (Å²) in [5, 5.41) is 6.26. The molecule has 0 amide bonds. The van der Waals surface area contributed by atoms with E-state index in [2.05, 4.69) is 20.3 Å². The van der Waals surface area contributed by atoms with E-state index < -0.39 is 0 Å². The molecule has 0 saturated heterocycles. The fraction of sp³-hybridized carbons (Fsp3) is 0.227. The van der Waals surface area contributed by atoms with E-state index in [1.54, 1.807) is 17.7 Å². The molecule has 0 unspecified atom stereocenters. The van der Waals surface area contributed by atoms with Gasteiger partial charge in [-0.1, -0.05) is 6.07 Å². The molecule has 0 aliphatic heterocycles. The van der Waals surface area contributed by atoms with E-state index in [4.69, 9.17) is 9.47 Å². The number of hydrogen-bond acceptors (Lipinski definition) is 7. The summed E-state index contributed by atoms with van der Waals surface area (Å²) in [6.45, 7) is 6.49. The number of thiazole rings is 1. The zero-order valence-electron chi connectivity index (χ0n) is 16.5. The van der Waals surface area contributed by atoms with Crippen LogP contribution in [-0.4, -0.2) is 21.1 Å². The van der Waals surface area contributed by atoms with Crippen molar-refractivity contribution >= 4 is 33.7 Å². The van der Waals surface area contributed by atoms with Crippen LogP contribution in [-0.2, 0) is 6.61 Å². The Bertz CT molecular complexity index is 1110. The van der Waals surface area contributed by atoms with Crippen LogP contribution < -0.4 is 14.8 Å². The minimum Gasteiger partial charge on any atom is -0.490 e. The van der Waals surface area contributed by atoms with Gasteiger partial charge >= 0.3 is 0 Å². The summed E-state index contributed by atoms with van der Waals surface area (Å²) in [5.41, 5.74) is 5.52. The molecule has 0 fully saturated rings. The monoisotopic (exact) mass is 406 g/mol. The average molecular weight is 407 g/mol. The van der Waals surface area contributed by atoms with Crippen LogP contribution in [0.2, 0.25) is 0 Å². The van der Waals surface area contributed by atoms with Gasteiger partial charge < -0.3 is 14.8 Å². The van der Waals surface area contributed by atoms with Crippen molar-refractivity contribution in [2.45, 2.75) is 33.5 Å². The molecule has 0 bridgehead atoms. The topological polar surface area (TPSA) is 69.2 Å². The Labute approximate surface area is 173 Å². The van der Waals surface area contributed by atoms with Gasteiger partial charge in [0.25, 0.3) is 0 Å². The molecule has 0 aliphatic rings. The average Bonchev–Trinajstić information content (AvgIpc) is 3.21. The maximum atomic E-state index is 5.97. The third-order valence-electron chi connectivity index (χ3n) is 4.28. The number of ether oxygens (including phenoxy) is 2. The highest BCUT2D eigenvalue weighted by Crippen LogP contribution is 2.33. The minimum atomic E-state index is 0.0602. The van der Waals surface area contributed by atoms with E-state index in [0.717, 1.165) is 39.3 Å². The number of rotatable bonds is 7. The summed E-state index contributed by atoms with van der Waals surface area (Å²) in [7, 11) is 0. The molecule has 0 aliphatic carbocycles. The summed E-state index contributed by atoms with van der Waals surface area (Å²) in [6, 6.07) is 11.8. The first-order valence-electron chi connectivity index (χ1n) is 9.38. The molecule has 2 aromatic heterocycles. The number of fused-ring (bicyclic) bond motifs is 1. The molecular formula is C22H22N4O2S. The summed E-state index contributed by atoms with van der Waals surface area (Å²) in [6.07, 6.45) is 1.62. The molecule has 4 rings (SSSR count). The number of aryl methyl sites for hydroxylation is 1. The highest BCUT2D eigenvalue weighted by molar-refractivity contribution is 7.07. The Kier molecular flexibility index (Phi) is 5.57. The first-order chi connectivity index (χ1) is 14.1. The van der Waals surface area contributed by atoms with E-state index in [-0.39, 0.29) is 6.10 Å². The quantitative estimate of drug-likeness (QED) is 0.437. The van der Waals surface area contributed by atoms with Gasteiger partial charge in [-0.25, -0.2) is 15.0 Å². The van der Waals surface area contributed by atoms with Gasteiger partial charge in [0.2, 0.25) is 0 Å². The van der Waals surface area contributed by atoms with Crippen molar-refractivity contribution in [3.05, 3.63) is 64.9 Å². The highest BCUT2D eigenvalue weighted by Gasteiger charge is 2.12. The standard InChI is InChI=1S/C22H22N4O2S/c1-14(2)28-20-6-4-5-18-21(20)22(24-12-23-18)26-16-7-8-19(15(3)9-16)27-10-17-11-29-13-25-17/h4-9,11-14H,10H2,1-3H3,(H,23,24,26). The van der Waals surface area contributed by atoms with E-state index >= 15 is 0 Å². The van der Waals surface area contributed by atoms with Crippen molar-refractivity contribution in [3.8, 4) is 11.5 Å². The van der Waals surface area contributed by atoms with E-state index in [9.17, 15) is 0 Å². The van der Waals surface area contributed by atoms with Gasteiger partial charge in [0, 0.05) is 11.1 Å². The smallest absolute Gasteiger partial charge is 0.145 e. The second-order valence-corrected chi connectivity index (χ2v) is 7.63. The summed E-state index contributed by atoms with van der Waals surface area (Å²) in [4.78, 5) is 13.1. The largest absolute Gasteiger partial charge is 0.490 e. The molecule has 0 spiro atoms. The fourth-order valence-electron chi connectivity index (χ4n) is 3.01. The zero-order chi connectivity index (χ0) is 20.2. The molecule has 0 atom stereocenters. The van der Waals surface area contributed by atoms with Gasteiger partial charge in [0.15, 0.2) is 0 Å². The van der Waals surface area contributed by atoms with Crippen molar-refractivity contribution in [2.75, 3.05) is 5.32 Å². The van der Waals surface area contributed by atoms with Gasteiger partial charge in [0.05, 0.1) is 28.2 Å². The van der Waals surface area contributed by atoms with Crippen molar-refractivity contribution < 1.29 is 9.47 Å². The number of nitrogens with zero attached hydrogens (tertiary/aromatic N) is 3. The third kappa shape index (κ3) is 4.46. The Morgan fingerprint density at radius 1 is 1.07 bits per heavy atom. The number of hydrogen-bond donors (Lipinski definition) is 1. The lowest BCUT2D eigenvalue weighted by atomic mass is 10.1. The maximum absolute atomic E-state index is 5.97. The molecule has 2 aromatic carbocycles. The van der Waals surface area contributed by atoms with Gasteiger partial charge in [0.1, 0.15) is 30.3 Å². The predicted octanol–water partition coefficient (Wildman–Crippen LogP) is 5.50. The van der Waals surface area contributed by atoms with E-state index in [1.165, 1.54) is 0 Å².